The van der Waals surface area contributed by atoms with Gasteiger partial charge in [0.15, 0.2) is 0 Å². The molecule has 0 bridgehead atoms. The number of hydrogen-bond acceptors (Lipinski definition) is 4. The second-order valence-corrected chi connectivity index (χ2v) is 5.39. The van der Waals surface area contributed by atoms with Crippen molar-refractivity contribution in [2.24, 2.45) is 11.8 Å². The van der Waals surface area contributed by atoms with Gasteiger partial charge in [0.2, 0.25) is 0 Å². The van der Waals surface area contributed by atoms with E-state index >= 15 is 0 Å². The van der Waals surface area contributed by atoms with Crippen LogP contribution in [0.15, 0.2) is 12.1 Å². The standard InChI is InChI=1S/C14H19FN2O3/c1-9-5-13(14(17(19)20)6-12(9)15)16-7-10-3-2-4-11(10)8-18/h5-6,10-11,16,18H,2-4,7-8H2,1H3. The molecule has 1 aliphatic rings. The van der Waals surface area contributed by atoms with Crippen LogP contribution in [0.1, 0.15) is 24.8 Å². The SMILES string of the molecule is Cc1cc(NCC2CCCC2CO)c([N+](=O)[O-])cc1F. The Balaban J connectivity index is 2.12. The first-order valence-corrected chi connectivity index (χ1v) is 6.82. The Labute approximate surface area is 117 Å². The van der Waals surface area contributed by atoms with Gasteiger partial charge in [0.25, 0.3) is 5.69 Å². The molecule has 2 unspecified atom stereocenters. The average molecular weight is 282 g/mol. The van der Waals surface area contributed by atoms with Crippen LogP contribution in [-0.2, 0) is 0 Å². The number of aryl methyl sites for hydroxylation is 1. The zero-order valence-electron chi connectivity index (χ0n) is 11.4. The number of benzene rings is 1. The molecule has 110 valence electrons. The Kier molecular flexibility index (Phi) is 4.54. The summed E-state index contributed by atoms with van der Waals surface area (Å²) in [5, 5.41) is 23.3. The quantitative estimate of drug-likeness (QED) is 0.643. The predicted molar refractivity (Wildman–Crippen MR) is 74.2 cm³/mol. The molecule has 2 N–H and O–H groups in total. The van der Waals surface area contributed by atoms with Gasteiger partial charge in [-0.2, -0.15) is 0 Å². The van der Waals surface area contributed by atoms with E-state index < -0.39 is 10.7 Å². The fourth-order valence-corrected chi connectivity index (χ4v) is 2.83. The van der Waals surface area contributed by atoms with Crippen molar-refractivity contribution in [3.8, 4) is 0 Å². The number of hydrogen-bond donors (Lipinski definition) is 2. The van der Waals surface area contributed by atoms with Crippen molar-refractivity contribution >= 4 is 11.4 Å². The van der Waals surface area contributed by atoms with E-state index in [1.54, 1.807) is 6.92 Å². The van der Waals surface area contributed by atoms with E-state index in [0.29, 0.717) is 23.7 Å². The summed E-state index contributed by atoms with van der Waals surface area (Å²) in [7, 11) is 0. The van der Waals surface area contributed by atoms with Gasteiger partial charge in [-0.05, 0) is 43.2 Å². The van der Waals surface area contributed by atoms with Crippen molar-refractivity contribution in [3.05, 3.63) is 33.6 Å². The number of rotatable bonds is 5. The molecule has 1 aliphatic carbocycles. The molecule has 1 saturated carbocycles. The van der Waals surface area contributed by atoms with Crippen molar-refractivity contribution in [2.45, 2.75) is 26.2 Å². The van der Waals surface area contributed by atoms with Crippen LogP contribution in [0.3, 0.4) is 0 Å². The molecule has 1 aromatic carbocycles. The predicted octanol–water partition coefficient (Wildman–Crippen LogP) is 2.86. The van der Waals surface area contributed by atoms with Gasteiger partial charge >= 0.3 is 0 Å². The van der Waals surface area contributed by atoms with Gasteiger partial charge in [-0.25, -0.2) is 4.39 Å². The van der Waals surface area contributed by atoms with Gasteiger partial charge in [0, 0.05) is 13.2 Å². The highest BCUT2D eigenvalue weighted by atomic mass is 19.1. The zero-order valence-corrected chi connectivity index (χ0v) is 11.4. The lowest BCUT2D eigenvalue weighted by Crippen LogP contribution is -2.21. The lowest BCUT2D eigenvalue weighted by molar-refractivity contribution is -0.384. The molecule has 2 atom stereocenters. The van der Waals surface area contributed by atoms with Gasteiger partial charge in [0.05, 0.1) is 11.0 Å². The lowest BCUT2D eigenvalue weighted by atomic mass is 9.97. The van der Waals surface area contributed by atoms with Crippen LogP contribution in [0.2, 0.25) is 0 Å². The fraction of sp³-hybridized carbons (Fsp3) is 0.571. The molecule has 0 spiro atoms. The minimum Gasteiger partial charge on any atom is -0.396 e. The molecular weight excluding hydrogens is 263 g/mol. The van der Waals surface area contributed by atoms with Crippen LogP contribution < -0.4 is 5.32 Å². The third kappa shape index (κ3) is 3.07. The first-order chi connectivity index (χ1) is 9.52. The van der Waals surface area contributed by atoms with Crippen LogP contribution in [-0.4, -0.2) is 23.2 Å². The van der Waals surface area contributed by atoms with Gasteiger partial charge in [0.1, 0.15) is 11.5 Å². The molecule has 0 amide bonds. The van der Waals surface area contributed by atoms with Crippen LogP contribution in [0.25, 0.3) is 0 Å². The van der Waals surface area contributed by atoms with E-state index in [1.165, 1.54) is 6.07 Å². The van der Waals surface area contributed by atoms with Crippen molar-refractivity contribution in [1.29, 1.82) is 0 Å². The van der Waals surface area contributed by atoms with E-state index in [2.05, 4.69) is 5.32 Å². The number of halogens is 1. The highest BCUT2D eigenvalue weighted by molar-refractivity contribution is 5.63. The molecule has 20 heavy (non-hydrogen) atoms. The number of nitrogens with zero attached hydrogens (tertiary/aromatic N) is 1. The van der Waals surface area contributed by atoms with E-state index in [1.807, 2.05) is 0 Å². The first kappa shape index (κ1) is 14.7. The number of aliphatic hydroxyl groups excluding tert-OH is 1. The summed E-state index contributed by atoms with van der Waals surface area (Å²) >= 11 is 0. The summed E-state index contributed by atoms with van der Waals surface area (Å²) in [6.07, 6.45) is 3.07. The highest BCUT2D eigenvalue weighted by Gasteiger charge is 2.27. The van der Waals surface area contributed by atoms with Gasteiger partial charge < -0.3 is 10.4 Å². The molecular formula is C14H19FN2O3. The molecule has 5 nitrogen and oxygen atoms in total. The topological polar surface area (TPSA) is 75.4 Å². The zero-order chi connectivity index (χ0) is 14.7. The molecule has 6 heteroatoms. The molecule has 0 aromatic heterocycles. The third-order valence-corrected chi connectivity index (χ3v) is 4.08. The molecule has 2 rings (SSSR count). The largest absolute Gasteiger partial charge is 0.396 e. The summed E-state index contributed by atoms with van der Waals surface area (Å²) in [4.78, 5) is 10.4. The number of anilines is 1. The summed E-state index contributed by atoms with van der Waals surface area (Å²) in [6, 6.07) is 2.42. The third-order valence-electron chi connectivity index (χ3n) is 4.08. The van der Waals surface area contributed by atoms with E-state index in [4.69, 9.17) is 0 Å². The Morgan fingerprint density at radius 2 is 2.15 bits per heavy atom. The van der Waals surface area contributed by atoms with E-state index in [9.17, 15) is 19.6 Å². The van der Waals surface area contributed by atoms with Crippen molar-refractivity contribution < 1.29 is 14.4 Å². The Morgan fingerprint density at radius 1 is 1.45 bits per heavy atom. The molecule has 0 radical (unpaired) electrons. The first-order valence-electron chi connectivity index (χ1n) is 6.82. The minimum absolute atomic E-state index is 0.150. The molecule has 0 aliphatic heterocycles. The van der Waals surface area contributed by atoms with Gasteiger partial charge in [-0.15, -0.1) is 0 Å². The summed E-state index contributed by atoms with van der Waals surface area (Å²) in [5.41, 5.74) is 0.479. The van der Waals surface area contributed by atoms with Crippen LogP contribution in [0.5, 0.6) is 0 Å². The summed E-state index contributed by atoms with van der Waals surface area (Å²) < 4.78 is 13.4. The summed E-state index contributed by atoms with van der Waals surface area (Å²) in [6.45, 7) is 2.30. The smallest absolute Gasteiger partial charge is 0.295 e. The molecule has 1 fully saturated rings. The fourth-order valence-electron chi connectivity index (χ4n) is 2.83. The number of nitro benzene ring substituents is 1. The van der Waals surface area contributed by atoms with Crippen LogP contribution in [0.4, 0.5) is 15.8 Å². The second-order valence-electron chi connectivity index (χ2n) is 5.39. The van der Waals surface area contributed by atoms with Crippen molar-refractivity contribution in [2.75, 3.05) is 18.5 Å². The van der Waals surface area contributed by atoms with Gasteiger partial charge in [-0.3, -0.25) is 10.1 Å². The van der Waals surface area contributed by atoms with E-state index in [0.717, 1.165) is 25.3 Å². The summed E-state index contributed by atoms with van der Waals surface area (Å²) in [5.74, 6) is -0.00980. The Morgan fingerprint density at radius 3 is 2.80 bits per heavy atom. The maximum Gasteiger partial charge on any atom is 0.295 e. The lowest BCUT2D eigenvalue weighted by Gasteiger charge is -2.18. The van der Waals surface area contributed by atoms with Gasteiger partial charge in [-0.1, -0.05) is 6.42 Å². The number of nitrogens with one attached hydrogen (secondary N) is 1. The molecule has 0 heterocycles. The van der Waals surface area contributed by atoms with Crippen molar-refractivity contribution in [3.63, 3.8) is 0 Å². The number of nitro groups is 1. The average Bonchev–Trinajstić information content (AvgIpc) is 2.86. The monoisotopic (exact) mass is 282 g/mol. The van der Waals surface area contributed by atoms with Crippen LogP contribution >= 0.6 is 0 Å². The normalized spacial score (nSPS) is 21.9. The van der Waals surface area contributed by atoms with Crippen LogP contribution in [0, 0.1) is 34.7 Å². The highest BCUT2D eigenvalue weighted by Crippen LogP contribution is 2.33. The Bertz CT molecular complexity index is 507. The van der Waals surface area contributed by atoms with E-state index in [-0.39, 0.29) is 18.2 Å². The van der Waals surface area contributed by atoms with Crippen molar-refractivity contribution in [1.82, 2.24) is 0 Å². The molecule has 0 saturated heterocycles. The second kappa shape index (κ2) is 6.17. The number of aliphatic hydroxyl groups is 1. The Hall–Kier alpha value is -1.69. The molecule has 1 aromatic rings. The maximum atomic E-state index is 13.4. The maximum absolute atomic E-state index is 13.4. The minimum atomic E-state index is -0.580.